The van der Waals surface area contributed by atoms with E-state index in [2.05, 4.69) is 10.3 Å². The minimum atomic E-state index is -0.203. The van der Waals surface area contributed by atoms with E-state index in [0.717, 1.165) is 16.8 Å². The second kappa shape index (κ2) is 6.81. The molecule has 2 aromatic carbocycles. The van der Waals surface area contributed by atoms with Crippen LogP contribution >= 0.6 is 11.5 Å². The molecule has 0 bridgehead atoms. The number of carbonyl (C=O) groups excluding carboxylic acids is 1. The molecule has 0 fully saturated rings. The normalized spacial score (nSPS) is 10.9. The smallest absolute Gasteiger partial charge is 0.274 e. The van der Waals surface area contributed by atoms with Gasteiger partial charge in [0.05, 0.1) is 11.1 Å². The van der Waals surface area contributed by atoms with Crippen LogP contribution in [0.15, 0.2) is 65.6 Å². The van der Waals surface area contributed by atoms with Gasteiger partial charge in [-0.15, -0.1) is 0 Å². The number of anilines is 1. The second-order valence-corrected chi connectivity index (χ2v) is 7.30. The lowest BCUT2D eigenvalue weighted by Gasteiger charge is -2.10. The van der Waals surface area contributed by atoms with E-state index < -0.39 is 0 Å². The number of carbonyl (C=O) groups is 1. The first-order valence-electron chi connectivity index (χ1n) is 8.49. The first kappa shape index (κ1) is 17.2. The Bertz CT molecular complexity index is 1210. The number of nitrogens with one attached hydrogen (secondary N) is 1. The predicted molar refractivity (Wildman–Crippen MR) is 109 cm³/mol. The van der Waals surface area contributed by atoms with Gasteiger partial charge < -0.3 is 5.32 Å². The van der Waals surface area contributed by atoms with Crippen molar-refractivity contribution in [2.24, 2.45) is 0 Å². The van der Waals surface area contributed by atoms with Crippen LogP contribution in [0, 0.1) is 13.8 Å². The van der Waals surface area contributed by atoms with Gasteiger partial charge in [-0.2, -0.15) is 0 Å². The molecule has 0 atom stereocenters. The zero-order valence-electron chi connectivity index (χ0n) is 14.9. The van der Waals surface area contributed by atoms with Gasteiger partial charge >= 0.3 is 0 Å². The molecular weight excluding hydrogens is 358 g/mol. The van der Waals surface area contributed by atoms with Crippen molar-refractivity contribution in [2.75, 3.05) is 5.32 Å². The number of hydrogen-bond donors (Lipinski definition) is 1. The van der Waals surface area contributed by atoms with Crippen LogP contribution in [0.5, 0.6) is 0 Å². The number of aromatic nitrogens is 2. The lowest BCUT2D eigenvalue weighted by molar-refractivity contribution is 0.102. The Labute approximate surface area is 160 Å². The van der Waals surface area contributed by atoms with Gasteiger partial charge in [-0.3, -0.25) is 9.59 Å². The van der Waals surface area contributed by atoms with E-state index in [1.807, 2.05) is 50.2 Å². The van der Waals surface area contributed by atoms with E-state index in [1.54, 1.807) is 28.4 Å². The molecule has 0 aliphatic heterocycles. The zero-order valence-corrected chi connectivity index (χ0v) is 15.7. The number of hydrogen-bond acceptors (Lipinski definition) is 4. The third kappa shape index (κ3) is 3.27. The van der Waals surface area contributed by atoms with Crippen molar-refractivity contribution in [1.29, 1.82) is 0 Å². The van der Waals surface area contributed by atoms with E-state index in [-0.39, 0.29) is 11.5 Å². The molecule has 4 aromatic rings. The molecule has 5 nitrogen and oxygen atoms in total. The summed E-state index contributed by atoms with van der Waals surface area (Å²) in [5.41, 5.74) is 3.77. The van der Waals surface area contributed by atoms with Crippen molar-refractivity contribution in [3.8, 4) is 5.69 Å². The van der Waals surface area contributed by atoms with Crippen LogP contribution in [0.4, 0.5) is 5.69 Å². The third-order valence-corrected chi connectivity index (χ3v) is 5.43. The topological polar surface area (TPSA) is 64.0 Å². The lowest BCUT2D eigenvalue weighted by Crippen LogP contribution is -2.16. The molecule has 1 amide bonds. The van der Waals surface area contributed by atoms with Crippen molar-refractivity contribution < 1.29 is 4.79 Å². The van der Waals surface area contributed by atoms with Crippen LogP contribution in [-0.2, 0) is 0 Å². The van der Waals surface area contributed by atoms with Crippen LogP contribution in [0.2, 0.25) is 0 Å². The largest absolute Gasteiger partial charge is 0.322 e. The fourth-order valence-electron chi connectivity index (χ4n) is 2.85. The Morgan fingerprint density at radius 3 is 2.59 bits per heavy atom. The lowest BCUT2D eigenvalue weighted by atomic mass is 10.1. The van der Waals surface area contributed by atoms with E-state index in [4.69, 9.17) is 0 Å². The summed E-state index contributed by atoms with van der Waals surface area (Å²) in [5, 5.41) is 3.49. The van der Waals surface area contributed by atoms with Crippen molar-refractivity contribution in [3.63, 3.8) is 0 Å². The van der Waals surface area contributed by atoms with Crippen LogP contribution in [-0.4, -0.2) is 14.8 Å². The first-order chi connectivity index (χ1) is 13.0. The summed E-state index contributed by atoms with van der Waals surface area (Å²) in [5.74, 6) is -0.203. The number of benzene rings is 2. The fourth-order valence-corrected chi connectivity index (χ4v) is 3.78. The number of rotatable bonds is 3. The molecule has 0 aliphatic rings. The van der Waals surface area contributed by atoms with E-state index in [9.17, 15) is 9.59 Å². The van der Waals surface area contributed by atoms with E-state index in [1.165, 1.54) is 11.5 Å². The van der Waals surface area contributed by atoms with Crippen LogP contribution in [0.1, 0.15) is 21.5 Å². The van der Waals surface area contributed by atoms with E-state index >= 15 is 0 Å². The molecule has 0 saturated heterocycles. The van der Waals surface area contributed by atoms with Crippen LogP contribution in [0.3, 0.4) is 0 Å². The van der Waals surface area contributed by atoms with Crippen molar-refractivity contribution >= 4 is 33.3 Å². The highest BCUT2D eigenvalue weighted by atomic mass is 32.1. The summed E-state index contributed by atoms with van der Waals surface area (Å²) < 4.78 is 1.57. The molecular formula is C21H17N3O2S. The van der Waals surface area contributed by atoms with Gasteiger partial charge in [0.25, 0.3) is 11.5 Å². The summed E-state index contributed by atoms with van der Waals surface area (Å²) >= 11 is 1.27. The Morgan fingerprint density at radius 2 is 1.85 bits per heavy atom. The van der Waals surface area contributed by atoms with Gasteiger partial charge in [0.15, 0.2) is 0 Å². The Kier molecular flexibility index (Phi) is 4.33. The first-order valence-corrected chi connectivity index (χ1v) is 9.26. The van der Waals surface area contributed by atoms with Crippen molar-refractivity contribution in [2.45, 2.75) is 13.8 Å². The quantitative estimate of drug-likeness (QED) is 0.580. The Hall–Kier alpha value is -3.25. The minimum Gasteiger partial charge on any atom is -0.322 e. The predicted octanol–water partition coefficient (Wildman–Crippen LogP) is 4.32. The van der Waals surface area contributed by atoms with Crippen molar-refractivity contribution in [1.82, 2.24) is 8.94 Å². The number of nitrogens with zero attached hydrogens (tertiary/aromatic N) is 2. The van der Waals surface area contributed by atoms with Gasteiger partial charge in [0.1, 0.15) is 4.83 Å². The van der Waals surface area contributed by atoms with Gasteiger partial charge in [-0.05, 0) is 67.3 Å². The number of aryl methyl sites for hydroxylation is 2. The number of fused-ring (bicyclic) bond motifs is 1. The highest BCUT2D eigenvalue weighted by Gasteiger charge is 2.14. The van der Waals surface area contributed by atoms with Gasteiger partial charge in [-0.1, -0.05) is 23.8 Å². The summed E-state index contributed by atoms with van der Waals surface area (Å²) in [6, 6.07) is 16.6. The van der Waals surface area contributed by atoms with Crippen LogP contribution in [0.25, 0.3) is 15.9 Å². The summed E-state index contributed by atoms with van der Waals surface area (Å²) in [7, 11) is 0. The molecule has 1 N–H and O–H groups in total. The molecule has 0 spiro atoms. The Balaban J connectivity index is 1.72. The fraction of sp³-hybridized carbons (Fsp3) is 0.0952. The maximum absolute atomic E-state index is 12.8. The molecule has 0 saturated carbocycles. The highest BCUT2D eigenvalue weighted by molar-refractivity contribution is 7.13. The molecule has 0 aliphatic carbocycles. The third-order valence-electron chi connectivity index (χ3n) is 4.37. The average Bonchev–Trinajstić information content (AvgIpc) is 3.01. The summed E-state index contributed by atoms with van der Waals surface area (Å²) in [6.45, 7) is 3.87. The van der Waals surface area contributed by atoms with Crippen LogP contribution < -0.4 is 10.9 Å². The molecule has 27 heavy (non-hydrogen) atoms. The van der Waals surface area contributed by atoms with Gasteiger partial charge in [-0.25, -0.2) is 8.94 Å². The molecule has 134 valence electrons. The summed E-state index contributed by atoms with van der Waals surface area (Å²) in [6.07, 6.45) is 1.66. The minimum absolute atomic E-state index is 0.128. The second-order valence-electron chi connectivity index (χ2n) is 6.37. The monoisotopic (exact) mass is 375 g/mol. The number of amides is 1. The molecule has 2 heterocycles. The summed E-state index contributed by atoms with van der Waals surface area (Å²) in [4.78, 5) is 30.3. The SMILES string of the molecule is Cc1ccc(NC(=O)c2cc(-n3sc4ncccc4c3=O)ccc2C)cc1. The molecule has 4 rings (SSSR count). The molecule has 2 aromatic heterocycles. The standard InChI is InChI=1S/C21H17N3O2S/c1-13-5-8-15(9-6-13)23-19(25)18-12-16(10-7-14(18)2)24-21(26)17-4-3-11-22-20(17)27-24/h3-12H,1-2H3,(H,23,25). The molecule has 0 radical (unpaired) electrons. The maximum atomic E-state index is 12.8. The molecule has 0 unspecified atom stereocenters. The van der Waals surface area contributed by atoms with E-state index in [0.29, 0.717) is 21.5 Å². The average molecular weight is 375 g/mol. The van der Waals surface area contributed by atoms with Gasteiger partial charge in [0, 0.05) is 17.4 Å². The van der Waals surface area contributed by atoms with Gasteiger partial charge in [0.2, 0.25) is 0 Å². The maximum Gasteiger partial charge on any atom is 0.274 e. The Morgan fingerprint density at radius 1 is 1.07 bits per heavy atom. The number of pyridine rings is 1. The molecule has 6 heteroatoms. The van der Waals surface area contributed by atoms with Crippen molar-refractivity contribution in [3.05, 3.63) is 87.8 Å². The zero-order chi connectivity index (χ0) is 19.0. The highest BCUT2D eigenvalue weighted by Crippen LogP contribution is 2.21.